The third kappa shape index (κ3) is 3.95. The largest absolute Gasteiger partial charge is 0.368 e. The van der Waals surface area contributed by atoms with Crippen LogP contribution in [0, 0.1) is 26.7 Å². The van der Waals surface area contributed by atoms with E-state index in [0.717, 1.165) is 46.6 Å². The fourth-order valence-electron chi connectivity index (χ4n) is 4.09. The first-order valence-corrected chi connectivity index (χ1v) is 10.4. The number of nitrogens with one attached hydrogen (secondary N) is 2. The second-order valence-corrected chi connectivity index (χ2v) is 7.80. The van der Waals surface area contributed by atoms with Crippen LogP contribution in [0.25, 0.3) is 16.7 Å². The number of anilines is 1. The second kappa shape index (κ2) is 8.19. The Morgan fingerprint density at radius 2 is 1.86 bits per heavy atom. The van der Waals surface area contributed by atoms with Crippen molar-refractivity contribution in [2.45, 2.75) is 46.5 Å². The van der Waals surface area contributed by atoms with Gasteiger partial charge in [0.1, 0.15) is 11.6 Å². The number of rotatable bonds is 6. The van der Waals surface area contributed by atoms with Crippen molar-refractivity contribution in [1.82, 2.24) is 25.1 Å². The predicted molar refractivity (Wildman–Crippen MR) is 114 cm³/mol. The molecule has 0 saturated heterocycles. The van der Waals surface area contributed by atoms with Crippen LogP contribution in [0.5, 0.6) is 0 Å². The van der Waals surface area contributed by atoms with Crippen molar-refractivity contribution in [3.05, 3.63) is 41.3 Å². The fourth-order valence-corrected chi connectivity index (χ4v) is 4.09. The lowest BCUT2D eigenvalue weighted by Crippen LogP contribution is -2.33. The molecular weight excluding hydrogens is 364 g/mol. The Labute approximate surface area is 170 Å². The lowest BCUT2D eigenvalue weighted by atomic mass is 10.1. The predicted octanol–water partition coefficient (Wildman–Crippen LogP) is 3.46. The molecule has 7 heteroatoms. The van der Waals surface area contributed by atoms with Crippen molar-refractivity contribution in [3.63, 3.8) is 0 Å². The van der Waals surface area contributed by atoms with Gasteiger partial charge in [0.25, 0.3) is 0 Å². The summed E-state index contributed by atoms with van der Waals surface area (Å²) in [6.45, 7) is 7.11. The summed E-state index contributed by atoms with van der Waals surface area (Å²) >= 11 is 0. The summed E-state index contributed by atoms with van der Waals surface area (Å²) in [5.41, 5.74) is 3.82. The maximum absolute atomic E-state index is 12.2. The molecule has 29 heavy (non-hydrogen) atoms. The summed E-state index contributed by atoms with van der Waals surface area (Å²) in [5.74, 6) is 1.82. The number of carbonyl (C=O) groups excluding carboxylic acids is 1. The van der Waals surface area contributed by atoms with Crippen molar-refractivity contribution < 1.29 is 4.79 Å². The van der Waals surface area contributed by atoms with Gasteiger partial charge in [0.05, 0.1) is 16.8 Å². The van der Waals surface area contributed by atoms with E-state index in [2.05, 4.69) is 33.6 Å². The lowest BCUT2D eigenvalue weighted by molar-refractivity contribution is -0.124. The number of benzene rings is 1. The van der Waals surface area contributed by atoms with Gasteiger partial charge in [-0.2, -0.15) is 5.10 Å². The van der Waals surface area contributed by atoms with Crippen LogP contribution in [0.15, 0.2) is 24.3 Å². The van der Waals surface area contributed by atoms with Gasteiger partial charge in [-0.3, -0.25) is 4.79 Å². The Hall–Kier alpha value is -2.96. The number of hydrogen-bond acceptors (Lipinski definition) is 5. The number of fused-ring (bicyclic) bond motifs is 1. The van der Waals surface area contributed by atoms with Crippen molar-refractivity contribution in [2.75, 3.05) is 18.4 Å². The molecule has 2 heterocycles. The molecule has 0 spiro atoms. The Balaban J connectivity index is 1.54. The Bertz CT molecular complexity index is 1040. The summed E-state index contributed by atoms with van der Waals surface area (Å²) in [5, 5.41) is 12.1. The number of hydrogen-bond donors (Lipinski definition) is 2. The standard InChI is InChI=1S/C22H28N6O/c1-14-8-4-7-11-18(14)28-21-19(15(2)27-28)20(25-16(3)26-21)23-12-13-24-22(29)17-9-5-6-10-17/h4,7-8,11,17H,5-6,9-10,12-13H2,1-3H3,(H,24,29)(H,23,25,26). The molecule has 0 unspecified atom stereocenters. The molecular formula is C22H28N6O. The topological polar surface area (TPSA) is 84.7 Å². The highest BCUT2D eigenvalue weighted by Crippen LogP contribution is 2.27. The first kappa shape index (κ1) is 19.4. The van der Waals surface area contributed by atoms with Gasteiger partial charge in [-0.1, -0.05) is 31.0 Å². The van der Waals surface area contributed by atoms with E-state index in [4.69, 9.17) is 5.10 Å². The zero-order valence-electron chi connectivity index (χ0n) is 17.3. The third-order valence-electron chi connectivity index (χ3n) is 5.60. The van der Waals surface area contributed by atoms with E-state index in [0.29, 0.717) is 18.9 Å². The number of aromatic nitrogens is 4. The summed E-state index contributed by atoms with van der Waals surface area (Å²) < 4.78 is 1.89. The van der Waals surface area contributed by atoms with Crippen LogP contribution in [-0.2, 0) is 4.79 Å². The van der Waals surface area contributed by atoms with E-state index in [-0.39, 0.29) is 11.8 Å². The summed E-state index contributed by atoms with van der Waals surface area (Å²) in [6, 6.07) is 8.14. The molecule has 4 rings (SSSR count). The molecule has 1 aliphatic carbocycles. The van der Waals surface area contributed by atoms with Crippen LogP contribution in [0.1, 0.15) is 42.8 Å². The number of carbonyl (C=O) groups is 1. The summed E-state index contributed by atoms with van der Waals surface area (Å²) in [7, 11) is 0. The second-order valence-electron chi connectivity index (χ2n) is 7.80. The summed E-state index contributed by atoms with van der Waals surface area (Å²) in [6.07, 6.45) is 4.36. The highest BCUT2D eigenvalue weighted by Gasteiger charge is 2.22. The molecule has 0 radical (unpaired) electrons. The molecule has 2 aromatic heterocycles. The lowest BCUT2D eigenvalue weighted by Gasteiger charge is -2.12. The van der Waals surface area contributed by atoms with Gasteiger partial charge in [0.2, 0.25) is 5.91 Å². The first-order valence-electron chi connectivity index (χ1n) is 10.4. The van der Waals surface area contributed by atoms with Gasteiger partial charge >= 0.3 is 0 Å². The van der Waals surface area contributed by atoms with E-state index < -0.39 is 0 Å². The monoisotopic (exact) mass is 392 g/mol. The van der Waals surface area contributed by atoms with Gasteiger partial charge in [-0.25, -0.2) is 14.6 Å². The molecule has 1 amide bonds. The van der Waals surface area contributed by atoms with Crippen molar-refractivity contribution in [3.8, 4) is 5.69 Å². The number of nitrogens with zero attached hydrogens (tertiary/aromatic N) is 4. The smallest absolute Gasteiger partial charge is 0.223 e. The minimum Gasteiger partial charge on any atom is -0.368 e. The molecule has 7 nitrogen and oxygen atoms in total. The van der Waals surface area contributed by atoms with Crippen LogP contribution < -0.4 is 10.6 Å². The zero-order chi connectivity index (χ0) is 20.4. The molecule has 3 aromatic rings. The van der Waals surface area contributed by atoms with Crippen molar-refractivity contribution >= 4 is 22.8 Å². The van der Waals surface area contributed by atoms with Crippen LogP contribution >= 0.6 is 0 Å². The summed E-state index contributed by atoms with van der Waals surface area (Å²) in [4.78, 5) is 21.5. The van der Waals surface area contributed by atoms with E-state index in [1.807, 2.05) is 36.7 Å². The zero-order valence-corrected chi connectivity index (χ0v) is 17.3. The maximum atomic E-state index is 12.2. The first-order chi connectivity index (χ1) is 14.0. The van der Waals surface area contributed by atoms with Gasteiger partial charge in [-0.05, 0) is 45.2 Å². The minimum absolute atomic E-state index is 0.178. The molecule has 2 N–H and O–H groups in total. The molecule has 1 fully saturated rings. The minimum atomic E-state index is 0.178. The van der Waals surface area contributed by atoms with Gasteiger partial charge in [0.15, 0.2) is 5.65 Å². The molecule has 0 atom stereocenters. The average Bonchev–Trinajstić information content (AvgIpc) is 3.34. The van der Waals surface area contributed by atoms with Gasteiger partial charge < -0.3 is 10.6 Å². The normalized spacial score (nSPS) is 14.4. The van der Waals surface area contributed by atoms with Crippen molar-refractivity contribution in [2.24, 2.45) is 5.92 Å². The quantitative estimate of drug-likeness (QED) is 0.628. The van der Waals surface area contributed by atoms with E-state index in [1.54, 1.807) is 0 Å². The Kier molecular flexibility index (Phi) is 5.47. The number of para-hydroxylation sites is 1. The third-order valence-corrected chi connectivity index (χ3v) is 5.60. The highest BCUT2D eigenvalue weighted by molar-refractivity contribution is 5.90. The van der Waals surface area contributed by atoms with Gasteiger partial charge in [0, 0.05) is 19.0 Å². The Morgan fingerprint density at radius 3 is 2.62 bits per heavy atom. The highest BCUT2D eigenvalue weighted by atomic mass is 16.1. The van der Waals surface area contributed by atoms with E-state index >= 15 is 0 Å². The molecule has 1 aromatic carbocycles. The van der Waals surface area contributed by atoms with Gasteiger partial charge in [-0.15, -0.1) is 0 Å². The fraction of sp³-hybridized carbons (Fsp3) is 0.455. The van der Waals surface area contributed by atoms with Crippen LogP contribution in [0.4, 0.5) is 5.82 Å². The number of aryl methyl sites for hydroxylation is 3. The maximum Gasteiger partial charge on any atom is 0.223 e. The average molecular weight is 393 g/mol. The Morgan fingerprint density at radius 1 is 1.10 bits per heavy atom. The molecule has 0 aliphatic heterocycles. The van der Waals surface area contributed by atoms with E-state index in [1.165, 1.54) is 12.8 Å². The van der Waals surface area contributed by atoms with Crippen molar-refractivity contribution in [1.29, 1.82) is 0 Å². The van der Waals surface area contributed by atoms with Crippen LogP contribution in [0.2, 0.25) is 0 Å². The van der Waals surface area contributed by atoms with Crippen LogP contribution in [0.3, 0.4) is 0 Å². The molecule has 0 bridgehead atoms. The molecule has 1 saturated carbocycles. The molecule has 152 valence electrons. The van der Waals surface area contributed by atoms with Crippen LogP contribution in [-0.4, -0.2) is 38.7 Å². The van der Waals surface area contributed by atoms with E-state index in [9.17, 15) is 4.79 Å². The molecule has 1 aliphatic rings. The SMILES string of the molecule is Cc1nc(NCCNC(=O)C2CCCC2)c2c(C)nn(-c3ccccc3C)c2n1. The number of amides is 1.